The van der Waals surface area contributed by atoms with Crippen molar-refractivity contribution in [1.29, 1.82) is 0 Å². The van der Waals surface area contributed by atoms with Crippen molar-refractivity contribution < 1.29 is 32.6 Å². The molecule has 0 saturated carbocycles. The third-order valence-electron chi connectivity index (χ3n) is 4.30. The monoisotopic (exact) mass is 340 g/mol. The van der Waals surface area contributed by atoms with Crippen LogP contribution in [0.1, 0.15) is 12.0 Å². The predicted molar refractivity (Wildman–Crippen MR) is 80.3 cm³/mol. The van der Waals surface area contributed by atoms with Crippen LogP contribution >= 0.6 is 0 Å². The lowest BCUT2D eigenvalue weighted by Crippen LogP contribution is -2.50. The number of ether oxygens (including phenoxy) is 3. The van der Waals surface area contributed by atoms with Crippen LogP contribution in [0.3, 0.4) is 0 Å². The molecular weight excluding hydrogens is 322 g/mol. The lowest BCUT2D eigenvalue weighted by Gasteiger charge is -2.37. The summed E-state index contributed by atoms with van der Waals surface area (Å²) in [4.78, 5) is 24.8. The molecule has 0 spiro atoms. The molecule has 7 heteroatoms. The number of benzene rings is 1. The predicted octanol–water partition coefficient (Wildman–Crippen LogP) is 2.42. The Morgan fingerprint density at radius 2 is 1.88 bits per heavy atom. The van der Waals surface area contributed by atoms with E-state index in [9.17, 15) is 18.4 Å². The van der Waals surface area contributed by atoms with Crippen LogP contribution in [-0.4, -0.2) is 32.8 Å². The maximum absolute atomic E-state index is 14.1. The summed E-state index contributed by atoms with van der Waals surface area (Å²) in [5.74, 6) is -4.02. The molecule has 0 radical (unpaired) electrons. The number of allylic oxidation sites excluding steroid dienone is 1. The van der Waals surface area contributed by atoms with Gasteiger partial charge in [0.2, 0.25) is 0 Å². The highest BCUT2D eigenvalue weighted by atomic mass is 19.1. The van der Waals surface area contributed by atoms with Gasteiger partial charge in [-0.15, -0.1) is 6.58 Å². The van der Waals surface area contributed by atoms with Crippen LogP contribution in [0.25, 0.3) is 0 Å². The molecule has 130 valence electrons. The first-order valence-corrected chi connectivity index (χ1v) is 7.29. The van der Waals surface area contributed by atoms with Gasteiger partial charge in [-0.05, 0) is 25.0 Å². The molecule has 1 aliphatic heterocycles. The van der Waals surface area contributed by atoms with Crippen LogP contribution in [-0.2, 0) is 25.5 Å². The van der Waals surface area contributed by atoms with Crippen LogP contribution in [0.4, 0.5) is 8.78 Å². The fourth-order valence-corrected chi connectivity index (χ4v) is 3.07. The molecule has 24 heavy (non-hydrogen) atoms. The van der Waals surface area contributed by atoms with Crippen molar-refractivity contribution in [2.45, 2.75) is 12.8 Å². The Bertz CT molecular complexity index is 655. The van der Waals surface area contributed by atoms with E-state index >= 15 is 0 Å². The number of hydrogen-bond acceptors (Lipinski definition) is 5. The summed E-state index contributed by atoms with van der Waals surface area (Å²) in [6.07, 6.45) is 1.23. The number of carbonyl (C=O) groups excluding carboxylic acids is 2. The highest BCUT2D eigenvalue weighted by Crippen LogP contribution is 2.43. The molecule has 1 unspecified atom stereocenters. The fourth-order valence-electron chi connectivity index (χ4n) is 3.07. The van der Waals surface area contributed by atoms with E-state index in [0.29, 0.717) is 0 Å². The van der Waals surface area contributed by atoms with Gasteiger partial charge in [-0.2, -0.15) is 0 Å². The van der Waals surface area contributed by atoms with E-state index in [2.05, 4.69) is 6.58 Å². The Kier molecular flexibility index (Phi) is 5.21. The minimum Gasteiger partial charge on any atom is -0.490 e. The Labute approximate surface area is 138 Å². The van der Waals surface area contributed by atoms with Crippen molar-refractivity contribution in [3.8, 4) is 5.75 Å². The quantitative estimate of drug-likeness (QED) is 0.468. The van der Waals surface area contributed by atoms with E-state index in [0.717, 1.165) is 26.4 Å². The molecule has 1 heterocycles. The average molecular weight is 340 g/mol. The second kappa shape index (κ2) is 6.98. The summed E-state index contributed by atoms with van der Waals surface area (Å²) >= 11 is 0. The van der Waals surface area contributed by atoms with Gasteiger partial charge in [0, 0.05) is 11.5 Å². The van der Waals surface area contributed by atoms with E-state index in [-0.39, 0.29) is 30.8 Å². The van der Waals surface area contributed by atoms with Crippen molar-refractivity contribution in [2.24, 2.45) is 11.3 Å². The number of esters is 2. The van der Waals surface area contributed by atoms with Gasteiger partial charge in [-0.3, -0.25) is 9.59 Å². The molecule has 0 bridgehead atoms. The molecule has 0 N–H and O–H groups in total. The molecule has 0 saturated heterocycles. The number of hydrogen-bond donors (Lipinski definition) is 0. The molecule has 0 amide bonds. The van der Waals surface area contributed by atoms with Crippen molar-refractivity contribution in [2.75, 3.05) is 20.8 Å². The van der Waals surface area contributed by atoms with Gasteiger partial charge in [-0.1, -0.05) is 6.08 Å². The maximum atomic E-state index is 14.1. The average Bonchev–Trinajstić information content (AvgIpc) is 2.61. The van der Waals surface area contributed by atoms with Crippen LogP contribution in [0, 0.1) is 23.0 Å². The summed E-state index contributed by atoms with van der Waals surface area (Å²) in [6, 6.07) is 1.94. The highest BCUT2D eigenvalue weighted by Gasteiger charge is 2.55. The molecule has 5 nitrogen and oxygen atoms in total. The van der Waals surface area contributed by atoms with Gasteiger partial charge >= 0.3 is 11.9 Å². The molecule has 2 rings (SSSR count). The largest absolute Gasteiger partial charge is 0.490 e. The molecule has 1 aromatic carbocycles. The Hall–Kier alpha value is -2.44. The summed E-state index contributed by atoms with van der Waals surface area (Å²) in [6.45, 7) is 3.40. The number of halogens is 2. The zero-order chi connectivity index (χ0) is 17.9. The van der Waals surface area contributed by atoms with Gasteiger partial charge in [0.05, 0.1) is 20.8 Å². The number of methoxy groups -OCH3 is 2. The normalized spacial score (nSPS) is 16.6. The number of carbonyl (C=O) groups is 2. The molecule has 0 aromatic heterocycles. The Morgan fingerprint density at radius 1 is 1.29 bits per heavy atom. The van der Waals surface area contributed by atoms with Gasteiger partial charge < -0.3 is 14.2 Å². The van der Waals surface area contributed by atoms with E-state index < -0.39 is 34.9 Å². The van der Waals surface area contributed by atoms with Crippen molar-refractivity contribution in [3.05, 3.63) is 42.0 Å². The second-order valence-electron chi connectivity index (χ2n) is 5.50. The second-order valence-corrected chi connectivity index (χ2v) is 5.50. The van der Waals surface area contributed by atoms with Gasteiger partial charge in [0.25, 0.3) is 0 Å². The summed E-state index contributed by atoms with van der Waals surface area (Å²) in [7, 11) is 2.28. The van der Waals surface area contributed by atoms with Crippen LogP contribution in [0.15, 0.2) is 24.8 Å². The fraction of sp³-hybridized carbons (Fsp3) is 0.412. The van der Waals surface area contributed by atoms with Gasteiger partial charge in [-0.25, -0.2) is 8.78 Å². The van der Waals surface area contributed by atoms with Crippen LogP contribution in [0.2, 0.25) is 0 Å². The van der Waals surface area contributed by atoms with Crippen LogP contribution < -0.4 is 4.74 Å². The minimum atomic E-state index is -1.73. The molecule has 1 aromatic rings. The first kappa shape index (κ1) is 17.9. The molecule has 1 atom stereocenters. The summed E-state index contributed by atoms with van der Waals surface area (Å²) in [5.41, 5.74) is -1.76. The van der Waals surface area contributed by atoms with Crippen molar-refractivity contribution >= 4 is 11.9 Å². The van der Waals surface area contributed by atoms with Crippen molar-refractivity contribution in [1.82, 2.24) is 0 Å². The first-order valence-electron chi connectivity index (χ1n) is 7.29. The summed E-state index contributed by atoms with van der Waals surface area (Å²) in [5, 5.41) is 0. The number of fused-ring (bicyclic) bond motifs is 1. The minimum absolute atomic E-state index is 0.0208. The molecule has 0 fully saturated rings. The maximum Gasteiger partial charge on any atom is 0.323 e. The van der Waals surface area contributed by atoms with E-state index in [1.165, 1.54) is 6.08 Å². The van der Waals surface area contributed by atoms with Crippen LogP contribution in [0.5, 0.6) is 5.75 Å². The van der Waals surface area contributed by atoms with Crippen molar-refractivity contribution in [3.63, 3.8) is 0 Å². The molecule has 1 aliphatic rings. The molecule has 0 aliphatic carbocycles. The zero-order valence-electron chi connectivity index (χ0n) is 13.4. The Morgan fingerprint density at radius 3 is 2.42 bits per heavy atom. The lowest BCUT2D eigenvalue weighted by molar-refractivity contribution is -0.175. The SMILES string of the molecule is C=CCC(C(=O)OC)(C(=O)OC)C1COc2c(F)ccc(F)c2C1. The number of rotatable bonds is 5. The topological polar surface area (TPSA) is 61.8 Å². The lowest BCUT2D eigenvalue weighted by atomic mass is 9.69. The third kappa shape index (κ3) is 2.74. The highest BCUT2D eigenvalue weighted by molar-refractivity contribution is 6.00. The van der Waals surface area contributed by atoms with E-state index in [1.54, 1.807) is 0 Å². The Balaban J connectivity index is 2.52. The third-order valence-corrected chi connectivity index (χ3v) is 4.30. The zero-order valence-corrected chi connectivity index (χ0v) is 13.4. The van der Waals surface area contributed by atoms with E-state index in [1.807, 2.05) is 0 Å². The molecular formula is C17H18F2O5. The smallest absolute Gasteiger partial charge is 0.323 e. The van der Waals surface area contributed by atoms with Gasteiger partial charge in [0.15, 0.2) is 17.0 Å². The standard InChI is InChI=1S/C17H18F2O5/c1-4-7-17(15(20)22-2,16(21)23-3)10-8-11-12(18)5-6-13(19)14(11)24-9-10/h4-6,10H,1,7-9H2,2-3H3. The summed E-state index contributed by atoms with van der Waals surface area (Å²) < 4.78 is 42.7. The van der Waals surface area contributed by atoms with Gasteiger partial charge in [0.1, 0.15) is 5.82 Å². The first-order chi connectivity index (χ1) is 11.4. The van der Waals surface area contributed by atoms with E-state index in [4.69, 9.17) is 14.2 Å².